The van der Waals surface area contributed by atoms with Crippen LogP contribution in [0.3, 0.4) is 0 Å². The number of carbonyl (C=O) groups is 2. The van der Waals surface area contributed by atoms with Crippen LogP contribution < -0.4 is 0 Å². The van der Waals surface area contributed by atoms with Gasteiger partial charge in [-0.1, -0.05) is 60.7 Å². The number of rotatable bonds is 5. The van der Waals surface area contributed by atoms with E-state index < -0.39 is 0 Å². The van der Waals surface area contributed by atoms with Gasteiger partial charge in [0.2, 0.25) is 11.8 Å². The first kappa shape index (κ1) is 19.1. The lowest BCUT2D eigenvalue weighted by molar-refractivity contribution is -0.136. The van der Waals surface area contributed by atoms with Crippen LogP contribution in [0.2, 0.25) is 0 Å². The predicted molar refractivity (Wildman–Crippen MR) is 104 cm³/mol. The Kier molecular flexibility index (Phi) is 6.60. The number of methoxy groups -OCH3 is 1. The minimum atomic E-state index is -0.325. The van der Waals surface area contributed by atoms with Gasteiger partial charge in [0.1, 0.15) is 6.61 Å². The first-order valence-corrected chi connectivity index (χ1v) is 9.36. The molecule has 2 amide bonds. The number of nitrogens with zero attached hydrogens (tertiary/aromatic N) is 2. The fourth-order valence-corrected chi connectivity index (χ4v) is 3.55. The van der Waals surface area contributed by atoms with Gasteiger partial charge in [-0.2, -0.15) is 0 Å². The normalized spacial score (nSPS) is 14.9. The summed E-state index contributed by atoms with van der Waals surface area (Å²) >= 11 is 0. The Balaban J connectivity index is 1.79. The smallest absolute Gasteiger partial charge is 0.248 e. The van der Waals surface area contributed by atoms with Gasteiger partial charge < -0.3 is 14.5 Å². The van der Waals surface area contributed by atoms with Crippen LogP contribution in [0.1, 0.15) is 23.5 Å². The van der Waals surface area contributed by atoms with E-state index in [0.717, 1.165) is 17.5 Å². The maximum Gasteiger partial charge on any atom is 0.248 e. The Morgan fingerprint density at radius 3 is 1.93 bits per heavy atom. The third-order valence-electron chi connectivity index (χ3n) is 4.94. The van der Waals surface area contributed by atoms with Gasteiger partial charge >= 0.3 is 0 Å². The molecule has 0 radical (unpaired) electrons. The standard InChI is InChI=1S/C22H26N2O3/c1-27-17-20(25)23-13-8-14-24(16-15-23)22(26)21(18-9-4-2-5-10-18)19-11-6-3-7-12-19/h2-7,9-12,21H,8,13-17H2,1H3. The Hall–Kier alpha value is -2.66. The quantitative estimate of drug-likeness (QED) is 0.817. The SMILES string of the molecule is COCC(=O)N1CCCN(C(=O)C(c2ccccc2)c2ccccc2)CC1. The number of benzene rings is 2. The van der Waals surface area contributed by atoms with Crippen molar-refractivity contribution in [2.24, 2.45) is 0 Å². The highest BCUT2D eigenvalue weighted by Crippen LogP contribution is 2.27. The molecule has 27 heavy (non-hydrogen) atoms. The first-order chi connectivity index (χ1) is 13.2. The van der Waals surface area contributed by atoms with Crippen LogP contribution in [0, 0.1) is 0 Å². The molecule has 0 aromatic heterocycles. The number of ether oxygens (including phenoxy) is 1. The number of hydrogen-bond donors (Lipinski definition) is 0. The molecule has 0 spiro atoms. The fourth-order valence-electron chi connectivity index (χ4n) is 3.55. The largest absolute Gasteiger partial charge is 0.375 e. The fraction of sp³-hybridized carbons (Fsp3) is 0.364. The summed E-state index contributed by atoms with van der Waals surface area (Å²) < 4.78 is 4.95. The maximum absolute atomic E-state index is 13.5. The molecule has 5 heteroatoms. The molecular formula is C22H26N2O3. The van der Waals surface area contributed by atoms with E-state index in [2.05, 4.69) is 0 Å². The third-order valence-corrected chi connectivity index (χ3v) is 4.94. The summed E-state index contributed by atoms with van der Waals surface area (Å²) in [4.78, 5) is 29.2. The van der Waals surface area contributed by atoms with Gasteiger partial charge in [-0.25, -0.2) is 0 Å². The number of amides is 2. The van der Waals surface area contributed by atoms with Gasteiger partial charge in [0.05, 0.1) is 5.92 Å². The van der Waals surface area contributed by atoms with Crippen LogP contribution >= 0.6 is 0 Å². The lowest BCUT2D eigenvalue weighted by atomic mass is 9.90. The van der Waals surface area contributed by atoms with E-state index in [1.807, 2.05) is 65.6 Å². The molecule has 0 unspecified atom stereocenters. The minimum absolute atomic E-state index is 0.0190. The highest BCUT2D eigenvalue weighted by molar-refractivity contribution is 5.87. The summed E-state index contributed by atoms with van der Waals surface area (Å²) in [6.07, 6.45) is 0.775. The summed E-state index contributed by atoms with van der Waals surface area (Å²) in [5.41, 5.74) is 1.98. The van der Waals surface area contributed by atoms with E-state index in [1.165, 1.54) is 7.11 Å². The molecule has 1 aliphatic rings. The molecule has 0 bridgehead atoms. The number of carbonyl (C=O) groups excluding carboxylic acids is 2. The van der Waals surface area contributed by atoms with Crippen molar-refractivity contribution in [2.75, 3.05) is 39.9 Å². The average molecular weight is 366 g/mol. The zero-order chi connectivity index (χ0) is 19.1. The van der Waals surface area contributed by atoms with Crippen molar-refractivity contribution in [3.05, 3.63) is 71.8 Å². The summed E-state index contributed by atoms with van der Waals surface area (Å²) in [5, 5.41) is 0. The summed E-state index contributed by atoms with van der Waals surface area (Å²) in [6.45, 7) is 2.50. The second-order valence-corrected chi connectivity index (χ2v) is 6.75. The zero-order valence-electron chi connectivity index (χ0n) is 15.7. The Labute approximate surface area is 160 Å². The van der Waals surface area contributed by atoms with Crippen LogP contribution in [0.15, 0.2) is 60.7 Å². The van der Waals surface area contributed by atoms with Gasteiger partial charge in [-0.3, -0.25) is 9.59 Å². The van der Waals surface area contributed by atoms with Crippen molar-refractivity contribution in [3.63, 3.8) is 0 Å². The van der Waals surface area contributed by atoms with Crippen LogP contribution in [0.25, 0.3) is 0 Å². The highest BCUT2D eigenvalue weighted by atomic mass is 16.5. The molecule has 1 heterocycles. The van der Waals surface area contributed by atoms with E-state index in [-0.39, 0.29) is 24.3 Å². The molecule has 0 N–H and O–H groups in total. The van der Waals surface area contributed by atoms with Crippen molar-refractivity contribution in [2.45, 2.75) is 12.3 Å². The molecule has 1 aliphatic heterocycles. The van der Waals surface area contributed by atoms with Gasteiger partial charge in [-0.15, -0.1) is 0 Å². The second-order valence-electron chi connectivity index (χ2n) is 6.75. The predicted octanol–water partition coefficient (Wildman–Crippen LogP) is 2.53. The Bertz CT molecular complexity index is 709. The van der Waals surface area contributed by atoms with E-state index >= 15 is 0 Å². The maximum atomic E-state index is 13.5. The van der Waals surface area contributed by atoms with E-state index in [0.29, 0.717) is 26.2 Å². The van der Waals surface area contributed by atoms with E-state index in [1.54, 1.807) is 4.90 Å². The van der Waals surface area contributed by atoms with Crippen LogP contribution in [0.4, 0.5) is 0 Å². The lowest BCUT2D eigenvalue weighted by Crippen LogP contribution is -2.40. The molecule has 2 aromatic rings. The summed E-state index contributed by atoms with van der Waals surface area (Å²) in [7, 11) is 1.52. The van der Waals surface area contributed by atoms with Crippen LogP contribution in [-0.2, 0) is 14.3 Å². The molecule has 0 aliphatic carbocycles. The molecule has 3 rings (SSSR count). The van der Waals surface area contributed by atoms with Crippen molar-refractivity contribution >= 4 is 11.8 Å². The minimum Gasteiger partial charge on any atom is -0.375 e. The van der Waals surface area contributed by atoms with Gasteiger partial charge in [0, 0.05) is 33.3 Å². The van der Waals surface area contributed by atoms with Crippen LogP contribution in [0.5, 0.6) is 0 Å². The molecule has 0 saturated carbocycles. The molecular weight excluding hydrogens is 340 g/mol. The monoisotopic (exact) mass is 366 g/mol. The van der Waals surface area contributed by atoms with Crippen molar-refractivity contribution in [3.8, 4) is 0 Å². The van der Waals surface area contributed by atoms with Gasteiger partial charge in [0.15, 0.2) is 0 Å². The average Bonchev–Trinajstić information content (AvgIpc) is 2.96. The van der Waals surface area contributed by atoms with Gasteiger partial charge in [-0.05, 0) is 17.5 Å². The molecule has 0 atom stereocenters. The second kappa shape index (κ2) is 9.33. The highest BCUT2D eigenvalue weighted by Gasteiger charge is 2.29. The summed E-state index contributed by atoms with van der Waals surface area (Å²) in [6, 6.07) is 19.8. The molecule has 2 aromatic carbocycles. The zero-order valence-corrected chi connectivity index (χ0v) is 15.7. The molecule has 142 valence electrons. The topological polar surface area (TPSA) is 49.9 Å². The van der Waals surface area contributed by atoms with Crippen LogP contribution in [-0.4, -0.2) is 61.5 Å². The third kappa shape index (κ3) is 4.74. The Morgan fingerprint density at radius 1 is 0.852 bits per heavy atom. The molecule has 1 saturated heterocycles. The molecule has 1 fully saturated rings. The first-order valence-electron chi connectivity index (χ1n) is 9.36. The lowest BCUT2D eigenvalue weighted by Gasteiger charge is -2.27. The van der Waals surface area contributed by atoms with Crippen molar-refractivity contribution < 1.29 is 14.3 Å². The van der Waals surface area contributed by atoms with Crippen molar-refractivity contribution in [1.29, 1.82) is 0 Å². The molecule has 5 nitrogen and oxygen atoms in total. The number of hydrogen-bond acceptors (Lipinski definition) is 3. The van der Waals surface area contributed by atoms with Crippen molar-refractivity contribution in [1.82, 2.24) is 9.80 Å². The summed E-state index contributed by atoms with van der Waals surface area (Å²) in [5.74, 6) is -0.253. The van der Waals surface area contributed by atoms with E-state index in [4.69, 9.17) is 4.74 Å². The Morgan fingerprint density at radius 2 is 1.37 bits per heavy atom. The van der Waals surface area contributed by atoms with Gasteiger partial charge in [0.25, 0.3) is 0 Å². The van der Waals surface area contributed by atoms with E-state index in [9.17, 15) is 9.59 Å².